The summed E-state index contributed by atoms with van der Waals surface area (Å²) in [5, 5.41) is 11.3. The van der Waals surface area contributed by atoms with Gasteiger partial charge in [-0.1, -0.05) is 87.7 Å². The number of alkyl halides is 26. The second kappa shape index (κ2) is 31.1. The van der Waals surface area contributed by atoms with Crippen molar-refractivity contribution in [1.29, 1.82) is 0 Å². The number of pyridine rings is 2. The molecule has 4 nitrogen and oxygen atoms in total. The largest absolute Gasteiger partial charge is 0.460 e. The van der Waals surface area contributed by atoms with Gasteiger partial charge in [0.1, 0.15) is 0 Å². The summed E-state index contributed by atoms with van der Waals surface area (Å²) >= 11 is 1.01. The van der Waals surface area contributed by atoms with E-state index >= 15 is 0 Å². The number of piperidine rings is 1. The summed E-state index contributed by atoms with van der Waals surface area (Å²) in [6.45, 7) is 19.5. The Balaban J connectivity index is 0.000000719. The molecule has 1 N–H and O–H groups in total. The number of hydrogen-bond acceptors (Lipinski definition) is 6. The number of hydroxylamine groups is 2. The molecule has 91 heavy (non-hydrogen) atoms. The molecule has 1 aliphatic heterocycles. The van der Waals surface area contributed by atoms with Crippen molar-refractivity contribution in [3.63, 3.8) is 0 Å². The second-order valence-corrected chi connectivity index (χ2v) is 24.3. The normalized spacial score (nSPS) is 16.4. The number of benzene rings is 2. The smallest absolute Gasteiger partial charge is 0.313 e. The van der Waals surface area contributed by atoms with Crippen molar-refractivity contribution in [1.82, 2.24) is 15.0 Å². The molecule has 0 spiro atoms. The zero-order valence-electron chi connectivity index (χ0n) is 49.2. The van der Waals surface area contributed by atoms with Gasteiger partial charge < -0.3 is 5.21 Å². The van der Waals surface area contributed by atoms with Crippen molar-refractivity contribution in [3.8, 4) is 0 Å². The Bertz CT molecular complexity index is 2840. The zero-order chi connectivity index (χ0) is 70.5. The minimum Gasteiger partial charge on any atom is -0.313 e. The third-order valence-corrected chi connectivity index (χ3v) is 16.5. The molecule has 0 aliphatic carbocycles. The Labute approximate surface area is 518 Å². The van der Waals surface area contributed by atoms with Gasteiger partial charge in [-0.25, -0.2) is 0 Å². The maximum absolute atomic E-state index is 13.9. The molecule has 0 saturated carbocycles. The molecule has 1 aliphatic rings. The van der Waals surface area contributed by atoms with Crippen molar-refractivity contribution in [2.24, 2.45) is 0 Å². The fourth-order valence-corrected chi connectivity index (χ4v) is 10.6. The Morgan fingerprint density at radius 3 is 1.11 bits per heavy atom. The average Bonchev–Trinajstić information content (AvgIpc) is 0.720. The average molecular weight is 1390 g/mol. The van der Waals surface area contributed by atoms with Gasteiger partial charge in [0.2, 0.25) is 0 Å². The van der Waals surface area contributed by atoms with Crippen LogP contribution in [0.2, 0.25) is 0 Å². The van der Waals surface area contributed by atoms with E-state index in [4.69, 9.17) is 0 Å². The van der Waals surface area contributed by atoms with Gasteiger partial charge in [-0.05, 0) is 141 Å². The van der Waals surface area contributed by atoms with E-state index in [-0.39, 0.29) is 35.8 Å². The van der Waals surface area contributed by atoms with Crippen LogP contribution < -0.4 is 0 Å². The van der Waals surface area contributed by atoms with Crippen LogP contribution in [0.25, 0.3) is 12.2 Å². The van der Waals surface area contributed by atoms with Gasteiger partial charge >= 0.3 is 71.6 Å². The molecule has 32 heteroatoms. The Morgan fingerprint density at radius 2 is 0.802 bits per heavy atom. The summed E-state index contributed by atoms with van der Waals surface area (Å²) in [5.74, 6) is -75.0. The SMILES string of the molecule is C=Cc1ccc(CSCCC(F)(F)C(F)(F)C(F)(F)C(F)(F)C(F)(F)C(F)(F)F)cc1.C=Cc1ccncc1.CC1(C)CCCC(C)(C)N1O.CCC(CC(C)c1ccc(CSCCC(F)(F)C(F)(F)C(F)(F)C(F)(F)C(F)(F)C(F)(F)F)cc1)c1ccncc1.[2HH]. The van der Waals surface area contributed by atoms with Gasteiger partial charge in [0.05, 0.1) is 0 Å². The number of aromatic nitrogens is 2. The van der Waals surface area contributed by atoms with E-state index < -0.39 is 95.9 Å². The summed E-state index contributed by atoms with van der Waals surface area (Å²) in [4.78, 5) is 7.84. The Kier molecular flexibility index (Phi) is 28.0. The van der Waals surface area contributed by atoms with E-state index in [0.29, 0.717) is 40.2 Å². The third-order valence-electron chi connectivity index (χ3n) is 14.4. The van der Waals surface area contributed by atoms with Gasteiger partial charge in [0.15, 0.2) is 0 Å². The molecule has 518 valence electrons. The van der Waals surface area contributed by atoms with Crippen molar-refractivity contribution >= 4 is 35.7 Å². The highest BCUT2D eigenvalue weighted by atomic mass is 32.2. The lowest BCUT2D eigenvalue weighted by Gasteiger charge is -2.48. The van der Waals surface area contributed by atoms with Gasteiger partial charge in [-0.15, -0.1) is 0 Å². The Hall–Kier alpha value is -4.98. The van der Waals surface area contributed by atoms with Crippen LogP contribution in [0.1, 0.15) is 133 Å². The van der Waals surface area contributed by atoms with Crippen LogP contribution in [0.5, 0.6) is 0 Å². The number of rotatable bonds is 25. The van der Waals surface area contributed by atoms with Gasteiger partial charge in [0, 0.05) is 61.6 Å². The zero-order valence-corrected chi connectivity index (χ0v) is 50.8. The predicted octanol–water partition coefficient (Wildman–Crippen LogP) is 22.2. The lowest BCUT2D eigenvalue weighted by atomic mass is 9.82. The summed E-state index contributed by atoms with van der Waals surface area (Å²) < 4.78 is 340. The number of halogens is 26. The van der Waals surface area contributed by atoms with E-state index in [1.54, 1.807) is 67.3 Å². The molecule has 1 saturated heterocycles. The molecule has 2 unspecified atom stereocenters. The number of nitrogens with zero attached hydrogens (tertiary/aromatic N) is 3. The molecule has 2 aromatic carbocycles. The summed E-state index contributed by atoms with van der Waals surface area (Å²) in [6, 6.07) is 20.5. The van der Waals surface area contributed by atoms with Crippen LogP contribution in [0.15, 0.2) is 111 Å². The fraction of sp³-hybridized carbons (Fsp3) is 0.559. The van der Waals surface area contributed by atoms with Gasteiger partial charge in [0.25, 0.3) is 0 Å². The van der Waals surface area contributed by atoms with Crippen LogP contribution in [0.3, 0.4) is 0 Å². The van der Waals surface area contributed by atoms with Crippen molar-refractivity contribution in [2.45, 2.75) is 192 Å². The van der Waals surface area contributed by atoms with E-state index in [2.05, 4.69) is 50.8 Å². The van der Waals surface area contributed by atoms with E-state index in [0.717, 1.165) is 42.4 Å². The van der Waals surface area contributed by atoms with E-state index in [1.807, 2.05) is 38.1 Å². The molecular weight excluding hydrogens is 1320 g/mol. The molecule has 0 bridgehead atoms. The molecule has 1 fully saturated rings. The molecule has 5 rings (SSSR count). The lowest BCUT2D eigenvalue weighted by Crippen LogP contribution is -2.70. The van der Waals surface area contributed by atoms with E-state index in [9.17, 15) is 119 Å². The number of hydrogen-bond donors (Lipinski definition) is 1. The Morgan fingerprint density at radius 1 is 0.484 bits per heavy atom. The quantitative estimate of drug-likeness (QED) is 0.0527. The van der Waals surface area contributed by atoms with Crippen molar-refractivity contribution < 1.29 is 121 Å². The van der Waals surface area contributed by atoms with Crippen LogP contribution in [-0.4, -0.2) is 114 Å². The molecule has 0 radical (unpaired) electrons. The monoisotopic (exact) mass is 1390 g/mol. The van der Waals surface area contributed by atoms with E-state index in [1.165, 1.54) is 29.7 Å². The highest BCUT2D eigenvalue weighted by Gasteiger charge is 2.92. The standard InChI is InChI=1S/C26H26F13NS.C17H13F13S.C9H19NO.C7H7N.H2/c1-3-18(20-8-11-40-12-9-20)14-16(2)19-6-4-17(5-7-19)15-41-13-10-21(27,28)22(29,30)23(31,32)24(33,34)25(35,36)26(37,38)39;1-2-10-3-5-11(6-4-10)9-31-8-7-12(18,19)13(20,21)14(22,23)15(24,25)16(26,27)17(28,29)30;1-8(2)6-5-7-9(3,4)10(8)11;1-2-7-3-5-8-6-4-7;/h4-9,11-12,16,18H,3,10,13-15H2,1-2H3;2-6H,1,7-9H2;11H,5-7H2,1-4H3;2-6H,1H2;1H/i;;;;1+1. The minimum absolute atomic E-state index is 0. The molecule has 0 amide bonds. The minimum atomic E-state index is -7.87. The maximum atomic E-state index is 13.9. The van der Waals surface area contributed by atoms with Gasteiger partial charge in [-0.3, -0.25) is 9.97 Å². The maximum Gasteiger partial charge on any atom is 0.460 e. The van der Waals surface area contributed by atoms with Crippen molar-refractivity contribution in [2.75, 3.05) is 11.5 Å². The highest BCUT2D eigenvalue weighted by molar-refractivity contribution is 7.98. The summed E-state index contributed by atoms with van der Waals surface area (Å²) in [7, 11) is 0. The second-order valence-electron chi connectivity index (χ2n) is 22.1. The summed E-state index contributed by atoms with van der Waals surface area (Å²) in [6.07, 6.45) is -3.98. The van der Waals surface area contributed by atoms with Crippen LogP contribution in [-0.2, 0) is 11.5 Å². The molecule has 4 aromatic rings. The van der Waals surface area contributed by atoms with Crippen LogP contribution in [0, 0.1) is 0 Å². The van der Waals surface area contributed by atoms with Crippen LogP contribution in [0.4, 0.5) is 114 Å². The molecule has 2 atom stereocenters. The first-order valence-corrected chi connectivity index (χ1v) is 29.3. The molecular formula is C59H67F26N3OS2. The lowest BCUT2D eigenvalue weighted by molar-refractivity contribution is -0.439. The first-order valence-electron chi connectivity index (χ1n) is 27.0. The third kappa shape index (κ3) is 19.1. The predicted molar refractivity (Wildman–Crippen MR) is 298 cm³/mol. The first kappa shape index (κ1) is 82.1. The highest BCUT2D eigenvalue weighted by Crippen LogP contribution is 2.62. The van der Waals surface area contributed by atoms with Crippen molar-refractivity contribution in [3.05, 3.63) is 144 Å². The number of thioether (sulfide) groups is 2. The van der Waals surface area contributed by atoms with Crippen LogP contribution >= 0.6 is 23.5 Å². The molecule has 2 aromatic heterocycles. The first-order chi connectivity index (χ1) is 41.2. The topological polar surface area (TPSA) is 49.2 Å². The fourth-order valence-electron chi connectivity index (χ4n) is 8.61. The van der Waals surface area contributed by atoms with Gasteiger partial charge in [-0.2, -0.15) is 143 Å². The molecule has 3 heterocycles. The summed E-state index contributed by atoms with van der Waals surface area (Å²) in [5.41, 5.74) is 4.77.